The largest absolute Gasteiger partial charge is 0.383 e. The summed E-state index contributed by atoms with van der Waals surface area (Å²) in [6.07, 6.45) is 0. The molecule has 0 aliphatic carbocycles. The van der Waals surface area contributed by atoms with Crippen LogP contribution in [-0.2, 0) is 4.79 Å². The molecule has 0 radical (unpaired) electrons. The van der Waals surface area contributed by atoms with E-state index in [1.807, 2.05) is 44.2 Å². The molecule has 2 aromatic rings. The molecule has 0 fully saturated rings. The summed E-state index contributed by atoms with van der Waals surface area (Å²) in [6, 6.07) is 17.5. The van der Waals surface area contributed by atoms with Gasteiger partial charge in [0.05, 0.1) is 12.1 Å². The summed E-state index contributed by atoms with van der Waals surface area (Å²) in [4.78, 5) is 17.5. The lowest BCUT2D eigenvalue weighted by molar-refractivity contribution is -0.123. The number of anilines is 1. The summed E-state index contributed by atoms with van der Waals surface area (Å²) >= 11 is 0. The minimum absolute atomic E-state index is 0.0421. The van der Waals surface area contributed by atoms with E-state index in [2.05, 4.69) is 48.1 Å². The van der Waals surface area contributed by atoms with E-state index in [4.69, 9.17) is 10.7 Å². The number of amides is 1. The van der Waals surface area contributed by atoms with Gasteiger partial charge in [-0.3, -0.25) is 9.79 Å². The predicted molar refractivity (Wildman–Crippen MR) is 122 cm³/mol. The van der Waals surface area contributed by atoms with Crippen LogP contribution in [0.5, 0.6) is 0 Å². The molecule has 3 atom stereocenters. The number of hydrogen-bond donors (Lipinski definition) is 4. The van der Waals surface area contributed by atoms with Gasteiger partial charge in [0, 0.05) is 18.8 Å². The summed E-state index contributed by atoms with van der Waals surface area (Å²) in [7, 11) is 2.07. The molecule has 1 unspecified atom stereocenters. The number of hydrogen-bond acceptors (Lipinski definition) is 5. The Bertz CT molecular complexity index is 838. The monoisotopic (exact) mass is 391 g/mol. The maximum Gasteiger partial charge on any atom is 0.237 e. The number of carbonyl (C=O) groups excluding carboxylic acids is 1. The van der Waals surface area contributed by atoms with Crippen molar-refractivity contribution in [3.8, 4) is 0 Å². The Morgan fingerprint density at radius 1 is 1.21 bits per heavy atom. The fraction of sp³-hybridized carbons (Fsp3) is 0.364. The third-order valence-electron chi connectivity index (χ3n) is 5.19. The van der Waals surface area contributed by atoms with Gasteiger partial charge in [-0.25, -0.2) is 0 Å². The lowest BCUT2D eigenvalue weighted by Crippen LogP contribution is -2.54. The number of aliphatic imine (C=N–C) groups is 1. The molecular weight excluding hydrogens is 361 g/mol. The first kappa shape index (κ1) is 20.9. The molecule has 0 spiro atoms. The smallest absolute Gasteiger partial charge is 0.237 e. The average Bonchev–Trinajstić information content (AvgIpc) is 3.21. The maximum atomic E-state index is 12.6. The summed E-state index contributed by atoms with van der Waals surface area (Å²) in [6.45, 7) is 5.12. The highest BCUT2D eigenvalue weighted by Gasteiger charge is 2.28. The number of nitrogens with zero attached hydrogens (tertiary/aromatic N) is 1. The molecule has 2 aromatic carbocycles. The van der Waals surface area contributed by atoms with E-state index in [1.165, 1.54) is 5.46 Å². The van der Waals surface area contributed by atoms with Crippen LogP contribution in [0.15, 0.2) is 59.6 Å². The molecule has 0 saturated heterocycles. The van der Waals surface area contributed by atoms with Crippen LogP contribution >= 0.6 is 0 Å². The third kappa shape index (κ3) is 5.61. The van der Waals surface area contributed by atoms with Crippen molar-refractivity contribution in [2.24, 2.45) is 16.6 Å². The Balaban J connectivity index is 1.75. The van der Waals surface area contributed by atoms with E-state index < -0.39 is 6.04 Å². The van der Waals surface area contributed by atoms with Gasteiger partial charge in [0.1, 0.15) is 19.7 Å². The van der Waals surface area contributed by atoms with Crippen molar-refractivity contribution in [3.05, 3.63) is 60.2 Å². The zero-order valence-electron chi connectivity index (χ0n) is 17.4. The quantitative estimate of drug-likeness (QED) is 0.495. The molecule has 1 aliphatic rings. The van der Waals surface area contributed by atoms with Crippen LogP contribution in [0.25, 0.3) is 0 Å². The minimum Gasteiger partial charge on any atom is -0.383 e. The molecule has 0 aromatic heterocycles. The van der Waals surface area contributed by atoms with Crippen molar-refractivity contribution < 1.29 is 4.79 Å². The molecule has 1 aliphatic heterocycles. The van der Waals surface area contributed by atoms with Crippen LogP contribution in [0, 0.1) is 5.92 Å². The first-order valence-electron chi connectivity index (χ1n) is 10.2. The molecule has 6 nitrogen and oxygen atoms in total. The standard InChI is InChI=1S/C22H30BN5O/c1-14(2)20(24)22(29)28-19(13-25-17-6-4-3-5-7-17)21-26-12-18(27-21)15-8-10-16(23)11-9-15/h3-11,14,18-20,25H,12-13,23-24H2,1-2H3,(H,26,27)(H,28,29)/t18?,19-,20-/m0/s1. The molecule has 0 saturated carbocycles. The Morgan fingerprint density at radius 2 is 1.90 bits per heavy atom. The first-order chi connectivity index (χ1) is 13.9. The lowest BCUT2D eigenvalue weighted by atomic mass is 9.94. The molecule has 1 heterocycles. The fourth-order valence-electron chi connectivity index (χ4n) is 3.22. The molecular formula is C22H30BN5O. The number of nitrogens with two attached hydrogens (primary N) is 1. The maximum absolute atomic E-state index is 12.6. The lowest BCUT2D eigenvalue weighted by Gasteiger charge is -2.23. The van der Waals surface area contributed by atoms with Gasteiger partial charge in [-0.05, 0) is 23.6 Å². The summed E-state index contributed by atoms with van der Waals surface area (Å²) in [5, 5.41) is 9.84. The highest BCUT2D eigenvalue weighted by atomic mass is 16.2. The Hall–Kier alpha value is -2.80. The predicted octanol–water partition coefficient (Wildman–Crippen LogP) is 0.568. The van der Waals surface area contributed by atoms with Crippen LogP contribution in [0.1, 0.15) is 25.5 Å². The molecule has 0 bridgehead atoms. The van der Waals surface area contributed by atoms with Crippen LogP contribution in [0.2, 0.25) is 0 Å². The highest BCUT2D eigenvalue weighted by molar-refractivity contribution is 6.32. The number of para-hydroxylation sites is 1. The van der Waals surface area contributed by atoms with Crippen molar-refractivity contribution in [1.29, 1.82) is 0 Å². The second kappa shape index (κ2) is 9.61. The van der Waals surface area contributed by atoms with Gasteiger partial charge in [0.2, 0.25) is 5.91 Å². The zero-order chi connectivity index (χ0) is 20.8. The minimum atomic E-state index is -0.552. The Kier molecular flexibility index (Phi) is 6.93. The van der Waals surface area contributed by atoms with Crippen LogP contribution in [0.3, 0.4) is 0 Å². The van der Waals surface area contributed by atoms with E-state index in [0.29, 0.717) is 13.1 Å². The molecule has 5 N–H and O–H groups in total. The van der Waals surface area contributed by atoms with Crippen molar-refractivity contribution in [2.45, 2.75) is 32.0 Å². The van der Waals surface area contributed by atoms with Crippen LogP contribution in [-0.4, -0.2) is 44.8 Å². The van der Waals surface area contributed by atoms with Crippen LogP contribution < -0.4 is 27.1 Å². The summed E-state index contributed by atoms with van der Waals surface area (Å²) in [5.74, 6) is 0.683. The average molecular weight is 391 g/mol. The van der Waals surface area contributed by atoms with Gasteiger partial charge < -0.3 is 21.7 Å². The fourth-order valence-corrected chi connectivity index (χ4v) is 3.22. The van der Waals surface area contributed by atoms with Gasteiger partial charge >= 0.3 is 0 Å². The van der Waals surface area contributed by atoms with E-state index in [-0.39, 0.29) is 23.9 Å². The molecule has 29 heavy (non-hydrogen) atoms. The number of amidine groups is 1. The number of carbonyl (C=O) groups is 1. The van der Waals surface area contributed by atoms with Gasteiger partial charge in [-0.2, -0.15) is 0 Å². The number of rotatable bonds is 8. The molecule has 152 valence electrons. The normalized spacial score (nSPS) is 17.9. The van der Waals surface area contributed by atoms with Gasteiger partial charge in [-0.15, -0.1) is 0 Å². The molecule has 1 amide bonds. The van der Waals surface area contributed by atoms with E-state index in [1.54, 1.807) is 0 Å². The SMILES string of the molecule is Bc1ccc(C2CNC([C@H](CNc3ccccc3)NC(=O)[C@@H](N)C(C)C)=N2)cc1. The van der Waals surface area contributed by atoms with Crippen LogP contribution in [0.4, 0.5) is 5.69 Å². The van der Waals surface area contributed by atoms with E-state index >= 15 is 0 Å². The summed E-state index contributed by atoms with van der Waals surface area (Å²) in [5.41, 5.74) is 9.44. The summed E-state index contributed by atoms with van der Waals surface area (Å²) < 4.78 is 0. The van der Waals surface area contributed by atoms with Gasteiger partial charge in [-0.1, -0.05) is 61.8 Å². The third-order valence-corrected chi connectivity index (χ3v) is 5.19. The van der Waals surface area contributed by atoms with Crippen molar-refractivity contribution >= 4 is 30.7 Å². The Morgan fingerprint density at radius 3 is 2.55 bits per heavy atom. The van der Waals surface area contributed by atoms with Crippen molar-refractivity contribution in [3.63, 3.8) is 0 Å². The first-order valence-corrected chi connectivity index (χ1v) is 10.2. The van der Waals surface area contributed by atoms with E-state index in [0.717, 1.165) is 17.1 Å². The second-order valence-corrected chi connectivity index (χ2v) is 7.90. The second-order valence-electron chi connectivity index (χ2n) is 7.90. The topological polar surface area (TPSA) is 91.5 Å². The number of nitrogens with one attached hydrogen (secondary N) is 3. The van der Waals surface area contributed by atoms with Crippen molar-refractivity contribution in [1.82, 2.24) is 10.6 Å². The van der Waals surface area contributed by atoms with Gasteiger partial charge in [0.25, 0.3) is 0 Å². The Labute approximate surface area is 173 Å². The molecule has 7 heteroatoms. The number of benzene rings is 2. The zero-order valence-corrected chi connectivity index (χ0v) is 17.4. The van der Waals surface area contributed by atoms with Crippen molar-refractivity contribution in [2.75, 3.05) is 18.4 Å². The van der Waals surface area contributed by atoms with E-state index in [9.17, 15) is 4.79 Å². The van der Waals surface area contributed by atoms with Gasteiger partial charge in [0.15, 0.2) is 0 Å². The highest BCUT2D eigenvalue weighted by Crippen LogP contribution is 2.20. The molecule has 3 rings (SSSR count).